The lowest BCUT2D eigenvalue weighted by atomic mass is 10.1. The van der Waals surface area contributed by atoms with Gasteiger partial charge in [-0.3, -0.25) is 5.10 Å². The van der Waals surface area contributed by atoms with Gasteiger partial charge >= 0.3 is 5.97 Å². The van der Waals surface area contributed by atoms with Crippen molar-refractivity contribution in [2.75, 3.05) is 20.2 Å². The Morgan fingerprint density at radius 1 is 1.43 bits per heavy atom. The second-order valence-corrected chi connectivity index (χ2v) is 5.40. The average Bonchev–Trinajstić information content (AvgIpc) is 3.06. The van der Waals surface area contributed by atoms with Gasteiger partial charge in [-0.1, -0.05) is 6.07 Å². The van der Waals surface area contributed by atoms with Crippen molar-refractivity contribution in [2.24, 2.45) is 0 Å². The molecule has 1 aliphatic rings. The monoisotopic (exact) mass is 317 g/mol. The Kier molecular flexibility index (Phi) is 4.47. The van der Waals surface area contributed by atoms with E-state index in [1.807, 2.05) is 18.2 Å². The maximum atomic E-state index is 11.0. The maximum Gasteiger partial charge on any atom is 0.353 e. The quantitative estimate of drug-likeness (QED) is 0.779. The van der Waals surface area contributed by atoms with Crippen molar-refractivity contribution >= 4 is 5.97 Å². The van der Waals surface area contributed by atoms with Crippen molar-refractivity contribution in [1.82, 2.24) is 15.5 Å². The molecule has 1 aromatic carbocycles. The highest BCUT2D eigenvalue weighted by molar-refractivity contribution is 5.87. The summed E-state index contributed by atoms with van der Waals surface area (Å²) in [5.41, 5.74) is 1.23. The van der Waals surface area contributed by atoms with E-state index in [1.54, 1.807) is 7.11 Å². The first-order valence-corrected chi connectivity index (χ1v) is 7.52. The molecule has 1 fully saturated rings. The predicted molar refractivity (Wildman–Crippen MR) is 84.1 cm³/mol. The number of nitrogens with zero attached hydrogens (tertiary/aromatic N) is 1. The number of carboxylic acids is 1. The third-order valence-corrected chi connectivity index (χ3v) is 3.81. The van der Waals surface area contributed by atoms with E-state index in [0.29, 0.717) is 22.8 Å². The van der Waals surface area contributed by atoms with Crippen LogP contribution in [0, 0.1) is 0 Å². The lowest BCUT2D eigenvalue weighted by Crippen LogP contribution is -2.37. The topological polar surface area (TPSA) is 96.5 Å². The van der Waals surface area contributed by atoms with E-state index in [1.165, 1.54) is 6.07 Å². The summed E-state index contributed by atoms with van der Waals surface area (Å²) in [5, 5.41) is 18.9. The number of benzene rings is 1. The van der Waals surface area contributed by atoms with Crippen LogP contribution in [0.3, 0.4) is 0 Å². The highest BCUT2D eigenvalue weighted by Gasteiger charge is 2.20. The van der Waals surface area contributed by atoms with Gasteiger partial charge in [0.25, 0.3) is 0 Å². The van der Waals surface area contributed by atoms with Gasteiger partial charge in [-0.05, 0) is 37.6 Å². The molecule has 0 aliphatic carbocycles. The zero-order valence-corrected chi connectivity index (χ0v) is 12.8. The Morgan fingerprint density at radius 3 is 2.96 bits per heavy atom. The van der Waals surface area contributed by atoms with Gasteiger partial charge in [-0.2, -0.15) is 5.10 Å². The summed E-state index contributed by atoms with van der Waals surface area (Å²) in [4.78, 5) is 11.0. The molecule has 2 aromatic rings. The van der Waals surface area contributed by atoms with Crippen LogP contribution in [0.1, 0.15) is 23.3 Å². The summed E-state index contributed by atoms with van der Waals surface area (Å²) in [7, 11) is 1.57. The number of methoxy groups -OCH3 is 1. The molecule has 2 heterocycles. The molecule has 0 radical (unpaired) electrons. The molecule has 1 saturated heterocycles. The minimum absolute atomic E-state index is 0.0323. The second kappa shape index (κ2) is 6.70. The Bertz CT molecular complexity index is 692. The van der Waals surface area contributed by atoms with Crippen LogP contribution in [0.25, 0.3) is 11.3 Å². The van der Waals surface area contributed by atoms with Crippen LogP contribution in [-0.2, 0) is 0 Å². The Labute approximate surface area is 133 Å². The number of rotatable bonds is 5. The van der Waals surface area contributed by atoms with E-state index in [2.05, 4.69) is 15.5 Å². The molecule has 1 unspecified atom stereocenters. The SMILES string of the molecule is COc1c(OC2CCCNC2)cccc1-c1cc(C(=O)O)[nH]n1. The van der Waals surface area contributed by atoms with Crippen LogP contribution in [-0.4, -0.2) is 47.6 Å². The normalized spacial score (nSPS) is 17.7. The van der Waals surface area contributed by atoms with Gasteiger partial charge in [0.2, 0.25) is 0 Å². The zero-order chi connectivity index (χ0) is 16.2. The lowest BCUT2D eigenvalue weighted by Gasteiger charge is -2.25. The Hall–Kier alpha value is -2.54. The minimum atomic E-state index is -1.05. The van der Waals surface area contributed by atoms with Gasteiger partial charge in [0, 0.05) is 12.1 Å². The summed E-state index contributed by atoms with van der Waals surface area (Å²) in [5.74, 6) is 0.142. The van der Waals surface area contributed by atoms with Gasteiger partial charge in [0.1, 0.15) is 11.8 Å². The number of H-pyrrole nitrogens is 1. The Balaban J connectivity index is 1.90. The number of aromatic amines is 1. The van der Waals surface area contributed by atoms with Crippen molar-refractivity contribution in [3.63, 3.8) is 0 Å². The van der Waals surface area contributed by atoms with Gasteiger partial charge in [0.15, 0.2) is 11.5 Å². The first-order chi connectivity index (χ1) is 11.2. The van der Waals surface area contributed by atoms with Gasteiger partial charge in [0.05, 0.1) is 12.8 Å². The smallest absolute Gasteiger partial charge is 0.353 e. The number of para-hydroxylation sites is 1. The fourth-order valence-electron chi connectivity index (χ4n) is 2.69. The largest absolute Gasteiger partial charge is 0.492 e. The first-order valence-electron chi connectivity index (χ1n) is 7.52. The number of nitrogens with one attached hydrogen (secondary N) is 2. The number of aromatic carboxylic acids is 1. The summed E-state index contributed by atoms with van der Waals surface area (Å²) < 4.78 is 11.5. The number of aromatic nitrogens is 2. The van der Waals surface area contributed by atoms with Crippen molar-refractivity contribution in [3.8, 4) is 22.8 Å². The highest BCUT2D eigenvalue weighted by atomic mass is 16.5. The number of carboxylic acid groups (broad SMARTS) is 1. The van der Waals surface area contributed by atoms with Gasteiger partial charge < -0.3 is 19.9 Å². The molecule has 0 spiro atoms. The van der Waals surface area contributed by atoms with E-state index in [-0.39, 0.29) is 11.8 Å². The van der Waals surface area contributed by atoms with Crippen LogP contribution in [0.5, 0.6) is 11.5 Å². The molecule has 3 N–H and O–H groups in total. The third kappa shape index (κ3) is 3.29. The summed E-state index contributed by atoms with van der Waals surface area (Å²) in [6.45, 7) is 1.82. The summed E-state index contributed by atoms with van der Waals surface area (Å²) >= 11 is 0. The van der Waals surface area contributed by atoms with Crippen LogP contribution in [0.4, 0.5) is 0 Å². The number of hydrogen-bond acceptors (Lipinski definition) is 5. The number of hydrogen-bond donors (Lipinski definition) is 3. The van der Waals surface area contributed by atoms with Crippen LogP contribution >= 0.6 is 0 Å². The van der Waals surface area contributed by atoms with E-state index in [9.17, 15) is 4.79 Å². The molecule has 1 atom stereocenters. The van der Waals surface area contributed by atoms with Gasteiger partial charge in [-0.25, -0.2) is 4.79 Å². The van der Waals surface area contributed by atoms with Crippen molar-refractivity contribution in [1.29, 1.82) is 0 Å². The molecular formula is C16H19N3O4. The Morgan fingerprint density at radius 2 is 2.30 bits per heavy atom. The highest BCUT2D eigenvalue weighted by Crippen LogP contribution is 2.38. The van der Waals surface area contributed by atoms with Crippen molar-refractivity contribution in [3.05, 3.63) is 30.0 Å². The average molecular weight is 317 g/mol. The fraction of sp³-hybridized carbons (Fsp3) is 0.375. The van der Waals surface area contributed by atoms with E-state index in [4.69, 9.17) is 14.6 Å². The maximum absolute atomic E-state index is 11.0. The molecule has 7 heteroatoms. The van der Waals surface area contributed by atoms with Crippen LogP contribution in [0.15, 0.2) is 24.3 Å². The van der Waals surface area contributed by atoms with E-state index >= 15 is 0 Å². The molecule has 0 bridgehead atoms. The standard InChI is InChI=1S/C16H19N3O4/c1-22-15-11(12-8-13(16(20)21)19-18-12)5-2-6-14(15)23-10-4-3-7-17-9-10/h2,5-6,8,10,17H,3-4,7,9H2,1H3,(H,18,19)(H,20,21). The van der Waals surface area contributed by atoms with Gasteiger partial charge in [-0.15, -0.1) is 0 Å². The van der Waals surface area contributed by atoms with Crippen LogP contribution < -0.4 is 14.8 Å². The predicted octanol–water partition coefficient (Wildman–Crippen LogP) is 1.91. The minimum Gasteiger partial charge on any atom is -0.492 e. The summed E-state index contributed by atoms with van der Waals surface area (Å²) in [6, 6.07) is 7.00. The molecule has 1 aromatic heterocycles. The number of ether oxygens (including phenoxy) is 2. The van der Waals surface area contributed by atoms with E-state index in [0.717, 1.165) is 25.9 Å². The molecular weight excluding hydrogens is 298 g/mol. The van der Waals surface area contributed by atoms with Crippen molar-refractivity contribution in [2.45, 2.75) is 18.9 Å². The number of carbonyl (C=O) groups is 1. The molecule has 0 amide bonds. The molecule has 122 valence electrons. The first kappa shape index (κ1) is 15.4. The van der Waals surface area contributed by atoms with Crippen molar-refractivity contribution < 1.29 is 19.4 Å². The lowest BCUT2D eigenvalue weighted by molar-refractivity contribution is 0.0690. The third-order valence-electron chi connectivity index (χ3n) is 3.81. The molecule has 3 rings (SSSR count). The van der Waals surface area contributed by atoms with E-state index < -0.39 is 5.97 Å². The van der Waals surface area contributed by atoms with Crippen LogP contribution in [0.2, 0.25) is 0 Å². The fourth-order valence-corrected chi connectivity index (χ4v) is 2.69. The molecule has 7 nitrogen and oxygen atoms in total. The second-order valence-electron chi connectivity index (χ2n) is 5.40. The zero-order valence-electron chi connectivity index (χ0n) is 12.8. The number of piperidine rings is 1. The molecule has 23 heavy (non-hydrogen) atoms. The molecule has 1 aliphatic heterocycles. The molecule has 0 saturated carbocycles. The summed E-state index contributed by atoms with van der Waals surface area (Å²) in [6.07, 6.45) is 2.17.